The smallest absolute Gasteiger partial charge is 0.243 e. The van der Waals surface area contributed by atoms with E-state index in [4.69, 9.17) is 10.5 Å². The molecule has 1 aromatic carbocycles. The first-order valence-corrected chi connectivity index (χ1v) is 11.4. The molecule has 9 heteroatoms. The molecule has 2 saturated heterocycles. The number of methoxy groups -OCH3 is 1. The van der Waals surface area contributed by atoms with Crippen LogP contribution in [0.4, 0.5) is 0 Å². The quantitative estimate of drug-likeness (QED) is 0.763. The van der Waals surface area contributed by atoms with Gasteiger partial charge in [0.15, 0.2) is 0 Å². The van der Waals surface area contributed by atoms with Crippen molar-refractivity contribution in [3.05, 3.63) is 23.8 Å². The summed E-state index contributed by atoms with van der Waals surface area (Å²) in [5.74, 6) is 0.0752. The van der Waals surface area contributed by atoms with E-state index in [-0.39, 0.29) is 28.5 Å². The predicted molar refractivity (Wildman–Crippen MR) is 108 cm³/mol. The molecule has 0 radical (unpaired) electrons. The predicted octanol–water partition coefficient (Wildman–Crippen LogP) is 1.13. The number of nitrogens with zero attached hydrogens (tertiary/aromatic N) is 2. The average molecular weight is 424 g/mol. The highest BCUT2D eigenvalue weighted by Crippen LogP contribution is 2.29. The molecule has 2 N–H and O–H groups in total. The summed E-state index contributed by atoms with van der Waals surface area (Å²) in [5.41, 5.74) is 6.11. The minimum Gasteiger partial charge on any atom is -0.496 e. The molecule has 2 heterocycles. The van der Waals surface area contributed by atoms with Gasteiger partial charge in [-0.3, -0.25) is 9.59 Å². The van der Waals surface area contributed by atoms with Crippen molar-refractivity contribution in [3.8, 4) is 5.75 Å². The summed E-state index contributed by atoms with van der Waals surface area (Å²) in [6.07, 6.45) is 2.21. The Morgan fingerprint density at radius 1 is 1.03 bits per heavy atom. The fraction of sp³-hybridized carbons (Fsp3) is 0.600. The molecule has 0 unspecified atom stereocenters. The van der Waals surface area contributed by atoms with Gasteiger partial charge in [-0.2, -0.15) is 4.31 Å². The van der Waals surface area contributed by atoms with Crippen LogP contribution in [0.3, 0.4) is 0 Å². The SMILES string of the molecule is COc1ccc(S(=O)(=O)N2CCC(C(=O)N3CCC(C(N)=O)CC3)CC2)cc1C. The lowest BCUT2D eigenvalue weighted by atomic mass is 9.92. The lowest BCUT2D eigenvalue weighted by molar-refractivity contribution is -0.139. The molecule has 0 atom stereocenters. The van der Waals surface area contributed by atoms with Crippen molar-refractivity contribution in [1.29, 1.82) is 0 Å². The van der Waals surface area contributed by atoms with E-state index in [0.29, 0.717) is 57.6 Å². The van der Waals surface area contributed by atoms with Gasteiger partial charge in [0.2, 0.25) is 21.8 Å². The Morgan fingerprint density at radius 3 is 2.14 bits per heavy atom. The Labute approximate surface area is 172 Å². The third kappa shape index (κ3) is 4.56. The Balaban J connectivity index is 1.59. The summed E-state index contributed by atoms with van der Waals surface area (Å²) in [4.78, 5) is 26.1. The maximum atomic E-state index is 13.0. The number of amides is 2. The van der Waals surface area contributed by atoms with Gasteiger partial charge in [0.25, 0.3) is 0 Å². The number of rotatable bonds is 5. The van der Waals surface area contributed by atoms with Crippen molar-refractivity contribution in [2.45, 2.75) is 37.5 Å². The minimum atomic E-state index is -3.60. The van der Waals surface area contributed by atoms with Gasteiger partial charge in [-0.1, -0.05) is 0 Å². The molecule has 2 fully saturated rings. The summed E-state index contributed by atoms with van der Waals surface area (Å²) in [7, 11) is -2.05. The van der Waals surface area contributed by atoms with Crippen LogP contribution < -0.4 is 10.5 Å². The fourth-order valence-corrected chi connectivity index (χ4v) is 5.70. The lowest BCUT2D eigenvalue weighted by Gasteiger charge is -2.36. The number of primary amides is 1. The van der Waals surface area contributed by atoms with Crippen LogP contribution in [0.5, 0.6) is 5.75 Å². The van der Waals surface area contributed by atoms with Crippen LogP contribution >= 0.6 is 0 Å². The highest BCUT2D eigenvalue weighted by Gasteiger charge is 2.35. The van der Waals surface area contributed by atoms with Gasteiger partial charge in [-0.25, -0.2) is 8.42 Å². The van der Waals surface area contributed by atoms with Crippen LogP contribution in [0.2, 0.25) is 0 Å². The number of carbonyl (C=O) groups is 2. The van der Waals surface area contributed by atoms with Gasteiger partial charge in [0.1, 0.15) is 5.75 Å². The van der Waals surface area contributed by atoms with E-state index in [9.17, 15) is 18.0 Å². The molecule has 0 saturated carbocycles. The van der Waals surface area contributed by atoms with Gasteiger partial charge >= 0.3 is 0 Å². The van der Waals surface area contributed by atoms with Crippen molar-refractivity contribution in [2.24, 2.45) is 17.6 Å². The van der Waals surface area contributed by atoms with Crippen LogP contribution in [0.25, 0.3) is 0 Å². The highest BCUT2D eigenvalue weighted by atomic mass is 32.2. The molecule has 2 aliphatic heterocycles. The number of carbonyl (C=O) groups excluding carboxylic acids is 2. The van der Waals surface area contributed by atoms with Crippen LogP contribution in [-0.4, -0.2) is 62.7 Å². The number of hydrogen-bond acceptors (Lipinski definition) is 5. The maximum absolute atomic E-state index is 13.0. The second-order valence-electron chi connectivity index (χ2n) is 7.81. The highest BCUT2D eigenvalue weighted by molar-refractivity contribution is 7.89. The Kier molecular flexibility index (Phi) is 6.48. The molecule has 160 valence electrons. The third-order valence-corrected chi connectivity index (χ3v) is 7.91. The maximum Gasteiger partial charge on any atom is 0.243 e. The van der Waals surface area contributed by atoms with Crippen molar-refractivity contribution in [2.75, 3.05) is 33.3 Å². The molecule has 8 nitrogen and oxygen atoms in total. The van der Waals surface area contributed by atoms with Crippen molar-refractivity contribution in [3.63, 3.8) is 0 Å². The zero-order valence-corrected chi connectivity index (χ0v) is 17.8. The first-order valence-electron chi connectivity index (χ1n) is 9.97. The van der Waals surface area contributed by atoms with E-state index in [1.165, 1.54) is 4.31 Å². The molecule has 1 aromatic rings. The van der Waals surface area contributed by atoms with Crippen LogP contribution in [-0.2, 0) is 19.6 Å². The van der Waals surface area contributed by atoms with Crippen molar-refractivity contribution < 1.29 is 22.7 Å². The molecule has 0 bridgehead atoms. The minimum absolute atomic E-state index is 0.0604. The van der Waals surface area contributed by atoms with E-state index in [2.05, 4.69) is 0 Å². The van der Waals surface area contributed by atoms with E-state index in [0.717, 1.165) is 5.56 Å². The average Bonchev–Trinajstić information content (AvgIpc) is 2.73. The summed E-state index contributed by atoms with van der Waals surface area (Å²) in [6, 6.07) is 4.84. The molecule has 0 spiro atoms. The van der Waals surface area contributed by atoms with E-state index < -0.39 is 10.0 Å². The second kappa shape index (κ2) is 8.71. The first-order chi connectivity index (χ1) is 13.7. The van der Waals surface area contributed by atoms with Crippen LogP contribution in [0.1, 0.15) is 31.2 Å². The van der Waals surface area contributed by atoms with Gasteiger partial charge in [0.05, 0.1) is 12.0 Å². The number of nitrogens with two attached hydrogens (primary N) is 1. The Hall–Kier alpha value is -2.13. The van der Waals surface area contributed by atoms with Crippen molar-refractivity contribution in [1.82, 2.24) is 9.21 Å². The summed E-state index contributed by atoms with van der Waals surface area (Å²) in [6.45, 7) is 3.53. The lowest BCUT2D eigenvalue weighted by Crippen LogP contribution is -2.47. The third-order valence-electron chi connectivity index (χ3n) is 6.02. The molecule has 2 aliphatic rings. The Morgan fingerprint density at radius 2 is 1.62 bits per heavy atom. The fourth-order valence-electron chi connectivity index (χ4n) is 4.15. The molecular weight excluding hydrogens is 394 g/mol. The van der Waals surface area contributed by atoms with Gasteiger partial charge in [-0.05, 0) is 56.4 Å². The Bertz CT molecular complexity index is 870. The number of sulfonamides is 1. The van der Waals surface area contributed by atoms with Gasteiger partial charge in [0, 0.05) is 38.0 Å². The van der Waals surface area contributed by atoms with Crippen LogP contribution in [0.15, 0.2) is 23.1 Å². The number of hydrogen-bond donors (Lipinski definition) is 1. The monoisotopic (exact) mass is 423 g/mol. The number of aryl methyl sites for hydroxylation is 1. The van der Waals surface area contributed by atoms with E-state index >= 15 is 0 Å². The number of benzene rings is 1. The second-order valence-corrected chi connectivity index (χ2v) is 9.75. The van der Waals surface area contributed by atoms with Gasteiger partial charge < -0.3 is 15.4 Å². The molecule has 2 amide bonds. The van der Waals surface area contributed by atoms with Crippen LogP contribution in [0, 0.1) is 18.8 Å². The molecule has 3 rings (SSSR count). The summed E-state index contributed by atoms with van der Waals surface area (Å²) in [5, 5.41) is 0. The van der Waals surface area contributed by atoms with E-state index in [1.807, 2.05) is 6.92 Å². The van der Waals surface area contributed by atoms with Crippen molar-refractivity contribution >= 4 is 21.8 Å². The number of ether oxygens (including phenoxy) is 1. The van der Waals surface area contributed by atoms with E-state index in [1.54, 1.807) is 30.2 Å². The number of likely N-dealkylation sites (tertiary alicyclic amines) is 1. The number of piperidine rings is 2. The normalized spacial score (nSPS) is 19.9. The molecule has 0 aliphatic carbocycles. The molecular formula is C20H29N3O5S. The first kappa shape index (κ1) is 21.6. The zero-order valence-electron chi connectivity index (χ0n) is 17.0. The standard InChI is InChI=1S/C20H29N3O5S/c1-14-13-17(3-4-18(14)28-2)29(26,27)23-11-7-16(8-12-23)20(25)22-9-5-15(6-10-22)19(21)24/h3-4,13,15-16H,5-12H2,1-2H3,(H2,21,24). The largest absolute Gasteiger partial charge is 0.496 e. The summed E-state index contributed by atoms with van der Waals surface area (Å²) < 4.78 is 32.6. The zero-order chi connectivity index (χ0) is 21.2. The summed E-state index contributed by atoms with van der Waals surface area (Å²) >= 11 is 0. The molecule has 29 heavy (non-hydrogen) atoms. The van der Waals surface area contributed by atoms with Gasteiger partial charge in [-0.15, -0.1) is 0 Å². The topological polar surface area (TPSA) is 110 Å². The molecule has 0 aromatic heterocycles.